The molecule has 1 aliphatic heterocycles. The lowest BCUT2D eigenvalue weighted by atomic mass is 9.82. The Bertz CT molecular complexity index is 253. The first-order valence-electron chi connectivity index (χ1n) is 8.86. The van der Waals surface area contributed by atoms with E-state index in [4.69, 9.17) is 4.74 Å². The Balaban J connectivity index is 1.77. The van der Waals surface area contributed by atoms with Crippen LogP contribution in [0.15, 0.2) is 0 Å². The second-order valence-electron chi connectivity index (χ2n) is 6.74. The van der Waals surface area contributed by atoms with Gasteiger partial charge in [0.2, 0.25) is 0 Å². The highest BCUT2D eigenvalue weighted by Gasteiger charge is 2.32. The molecule has 1 saturated carbocycles. The van der Waals surface area contributed by atoms with Crippen LogP contribution in [0.3, 0.4) is 0 Å². The van der Waals surface area contributed by atoms with E-state index < -0.39 is 0 Å². The van der Waals surface area contributed by atoms with Gasteiger partial charge in [0.25, 0.3) is 0 Å². The summed E-state index contributed by atoms with van der Waals surface area (Å²) in [5.74, 6) is 0.916. The Hall–Kier alpha value is -0.120. The van der Waals surface area contributed by atoms with Gasteiger partial charge in [-0.1, -0.05) is 32.6 Å². The van der Waals surface area contributed by atoms with Crippen LogP contribution in [0.1, 0.15) is 58.8 Å². The summed E-state index contributed by atoms with van der Waals surface area (Å²) < 4.78 is 5.79. The van der Waals surface area contributed by atoms with Crippen LogP contribution in [0, 0.1) is 5.92 Å². The van der Waals surface area contributed by atoms with Gasteiger partial charge in [-0.15, -0.1) is 0 Å². The number of hydrogen-bond acceptors (Lipinski definition) is 3. The number of rotatable bonds is 7. The zero-order valence-electron chi connectivity index (χ0n) is 13.6. The van der Waals surface area contributed by atoms with Gasteiger partial charge < -0.3 is 10.1 Å². The summed E-state index contributed by atoms with van der Waals surface area (Å²) in [4.78, 5) is 2.71. The minimum absolute atomic E-state index is 0.630. The number of nitrogens with one attached hydrogen (secondary N) is 1. The first-order chi connectivity index (χ1) is 9.81. The van der Waals surface area contributed by atoms with Crippen molar-refractivity contribution >= 4 is 0 Å². The van der Waals surface area contributed by atoms with Crippen molar-refractivity contribution in [2.24, 2.45) is 5.92 Å². The number of hydrogen-bond donors (Lipinski definition) is 1. The van der Waals surface area contributed by atoms with Gasteiger partial charge in [-0.3, -0.25) is 4.90 Å². The average molecular weight is 282 g/mol. The third-order valence-electron chi connectivity index (χ3n) is 5.01. The first kappa shape index (κ1) is 16.3. The van der Waals surface area contributed by atoms with E-state index in [1.165, 1.54) is 58.0 Å². The third-order valence-corrected chi connectivity index (χ3v) is 5.01. The van der Waals surface area contributed by atoms with E-state index in [0.717, 1.165) is 31.7 Å². The molecule has 3 nitrogen and oxygen atoms in total. The number of piperazine rings is 1. The molecule has 1 aliphatic carbocycles. The summed E-state index contributed by atoms with van der Waals surface area (Å²) in [6.07, 6.45) is 9.64. The van der Waals surface area contributed by atoms with Crippen LogP contribution in [0.4, 0.5) is 0 Å². The molecule has 20 heavy (non-hydrogen) atoms. The van der Waals surface area contributed by atoms with Crippen molar-refractivity contribution in [1.29, 1.82) is 0 Å². The van der Waals surface area contributed by atoms with Crippen LogP contribution in [-0.2, 0) is 4.74 Å². The first-order valence-corrected chi connectivity index (χ1v) is 8.86. The summed E-state index contributed by atoms with van der Waals surface area (Å²) in [5.41, 5.74) is 0. The largest absolute Gasteiger partial charge is 0.380 e. The molecular weight excluding hydrogens is 248 g/mol. The zero-order valence-corrected chi connectivity index (χ0v) is 13.6. The van der Waals surface area contributed by atoms with Gasteiger partial charge in [0, 0.05) is 38.3 Å². The maximum Gasteiger partial charge on any atom is 0.0593 e. The summed E-state index contributed by atoms with van der Waals surface area (Å²) in [6.45, 7) is 9.88. The van der Waals surface area contributed by atoms with E-state index in [0.29, 0.717) is 6.04 Å². The minimum atomic E-state index is 0.630. The fourth-order valence-electron chi connectivity index (χ4n) is 3.77. The molecule has 0 aromatic heterocycles. The van der Waals surface area contributed by atoms with Crippen LogP contribution >= 0.6 is 0 Å². The highest BCUT2D eigenvalue weighted by atomic mass is 16.5. The molecule has 2 aliphatic rings. The van der Waals surface area contributed by atoms with Crippen LogP contribution in [0.2, 0.25) is 0 Å². The highest BCUT2D eigenvalue weighted by Crippen LogP contribution is 2.30. The molecule has 1 saturated heterocycles. The van der Waals surface area contributed by atoms with Gasteiger partial charge in [0.1, 0.15) is 0 Å². The topological polar surface area (TPSA) is 24.5 Å². The van der Waals surface area contributed by atoms with Crippen LogP contribution in [0.25, 0.3) is 0 Å². The Labute approximate surface area is 125 Å². The van der Waals surface area contributed by atoms with E-state index in [9.17, 15) is 0 Å². The fourth-order valence-corrected chi connectivity index (χ4v) is 3.77. The number of nitrogens with zero attached hydrogens (tertiary/aromatic N) is 1. The quantitative estimate of drug-likeness (QED) is 0.726. The molecule has 0 radical (unpaired) electrons. The number of ether oxygens (including phenoxy) is 1. The molecule has 0 aromatic carbocycles. The third kappa shape index (κ3) is 5.01. The smallest absolute Gasteiger partial charge is 0.0593 e. The molecule has 118 valence electrons. The van der Waals surface area contributed by atoms with Gasteiger partial charge in [-0.2, -0.15) is 0 Å². The van der Waals surface area contributed by atoms with Gasteiger partial charge in [0.15, 0.2) is 0 Å². The Kier molecular flexibility index (Phi) is 7.32. The SMILES string of the molecule is CCCCOCCN1CC(C)NCC1C1CCCCC1. The van der Waals surface area contributed by atoms with Gasteiger partial charge in [-0.25, -0.2) is 0 Å². The van der Waals surface area contributed by atoms with E-state index in [1.54, 1.807) is 0 Å². The lowest BCUT2D eigenvalue weighted by Crippen LogP contribution is -2.58. The molecule has 0 aromatic rings. The zero-order chi connectivity index (χ0) is 14.2. The second-order valence-corrected chi connectivity index (χ2v) is 6.74. The molecular formula is C17H34N2O. The lowest BCUT2D eigenvalue weighted by Gasteiger charge is -2.44. The normalized spacial score (nSPS) is 29.7. The molecule has 0 bridgehead atoms. The molecule has 2 rings (SSSR count). The molecule has 1 N–H and O–H groups in total. The fraction of sp³-hybridized carbons (Fsp3) is 1.00. The highest BCUT2D eigenvalue weighted by molar-refractivity contribution is 4.89. The lowest BCUT2D eigenvalue weighted by molar-refractivity contribution is 0.0379. The molecule has 2 unspecified atom stereocenters. The van der Waals surface area contributed by atoms with Gasteiger partial charge in [-0.05, 0) is 32.1 Å². The van der Waals surface area contributed by atoms with Crippen molar-refractivity contribution in [2.45, 2.75) is 70.9 Å². The van der Waals surface area contributed by atoms with Crippen molar-refractivity contribution in [3.05, 3.63) is 0 Å². The van der Waals surface area contributed by atoms with Crippen LogP contribution in [-0.4, -0.2) is 49.8 Å². The van der Waals surface area contributed by atoms with Gasteiger partial charge >= 0.3 is 0 Å². The Morgan fingerprint density at radius 2 is 1.95 bits per heavy atom. The van der Waals surface area contributed by atoms with Crippen molar-refractivity contribution < 1.29 is 4.74 Å². The van der Waals surface area contributed by atoms with E-state index in [1.807, 2.05) is 0 Å². The minimum Gasteiger partial charge on any atom is -0.380 e. The van der Waals surface area contributed by atoms with Crippen molar-refractivity contribution in [3.8, 4) is 0 Å². The standard InChI is InChI=1S/C17H34N2O/c1-3-4-11-20-12-10-19-14-15(2)18-13-17(19)16-8-6-5-7-9-16/h15-18H,3-14H2,1-2H3. The summed E-state index contributed by atoms with van der Waals surface area (Å²) in [5, 5.41) is 3.69. The monoisotopic (exact) mass is 282 g/mol. The second kappa shape index (κ2) is 9.01. The van der Waals surface area contributed by atoms with Crippen LogP contribution in [0.5, 0.6) is 0 Å². The molecule has 0 amide bonds. The predicted molar refractivity (Wildman–Crippen MR) is 85.1 cm³/mol. The molecule has 2 atom stereocenters. The predicted octanol–water partition coefficient (Wildman–Crippen LogP) is 3.05. The Morgan fingerprint density at radius 3 is 2.70 bits per heavy atom. The number of unbranched alkanes of at least 4 members (excludes halogenated alkanes) is 1. The maximum absolute atomic E-state index is 5.79. The van der Waals surface area contributed by atoms with Crippen molar-refractivity contribution in [3.63, 3.8) is 0 Å². The molecule has 3 heteroatoms. The van der Waals surface area contributed by atoms with Gasteiger partial charge in [0.05, 0.1) is 6.61 Å². The maximum atomic E-state index is 5.79. The van der Waals surface area contributed by atoms with E-state index in [-0.39, 0.29) is 0 Å². The van der Waals surface area contributed by atoms with Crippen molar-refractivity contribution in [2.75, 3.05) is 32.8 Å². The average Bonchev–Trinajstić information content (AvgIpc) is 2.48. The van der Waals surface area contributed by atoms with Crippen LogP contribution < -0.4 is 5.32 Å². The molecule has 0 spiro atoms. The summed E-state index contributed by atoms with van der Waals surface area (Å²) in [7, 11) is 0. The van der Waals surface area contributed by atoms with E-state index >= 15 is 0 Å². The molecule has 2 fully saturated rings. The molecule has 1 heterocycles. The summed E-state index contributed by atoms with van der Waals surface area (Å²) in [6, 6.07) is 1.38. The van der Waals surface area contributed by atoms with Crippen molar-refractivity contribution in [1.82, 2.24) is 10.2 Å². The van der Waals surface area contributed by atoms with E-state index in [2.05, 4.69) is 24.1 Å². The Morgan fingerprint density at radius 1 is 1.15 bits per heavy atom. The summed E-state index contributed by atoms with van der Waals surface area (Å²) >= 11 is 0.